The smallest absolute Gasteiger partial charge is 0.226 e. The molecule has 13 heteroatoms. The number of aryl methyl sites for hydroxylation is 1. The van der Waals surface area contributed by atoms with Gasteiger partial charge in [-0.05, 0) is 82.0 Å². The lowest BCUT2D eigenvalue weighted by molar-refractivity contribution is 0.0171. The summed E-state index contributed by atoms with van der Waals surface area (Å²) < 4.78 is 10.8. The van der Waals surface area contributed by atoms with E-state index in [2.05, 4.69) is 70.2 Å². The van der Waals surface area contributed by atoms with Crippen molar-refractivity contribution in [3.63, 3.8) is 0 Å². The molecule has 1 aliphatic carbocycles. The van der Waals surface area contributed by atoms with Gasteiger partial charge in [-0.3, -0.25) is 4.99 Å². The van der Waals surface area contributed by atoms with Crippen LogP contribution in [0.25, 0.3) is 0 Å². The number of halogens is 2. The summed E-state index contributed by atoms with van der Waals surface area (Å²) in [5.74, 6) is 2.47. The molecule has 1 saturated carbocycles. The molecule has 0 aromatic carbocycles. The summed E-state index contributed by atoms with van der Waals surface area (Å²) >= 11 is 11.8. The molecule has 2 aliphatic rings. The highest BCUT2D eigenvalue weighted by molar-refractivity contribution is 6.28. The highest BCUT2D eigenvalue weighted by Crippen LogP contribution is 2.32. The average Bonchev–Trinajstić information content (AvgIpc) is 3.10. The number of nitrogens with zero attached hydrogens (tertiary/aromatic N) is 6. The standard InChI is InChI=1S/C13H19ClN4.C11H18ClN5O.C7H16O.C4H10/c1-3-15-11-9(2)16-13(14)18-12(11)17-10-7-5-4-6-8-10;1-14-8-9(13)15-11(12)16-10(8)17(2)7-5-3-4-6-18-7;1-5-6(2)7(3)8-4;1-3-4-2/h3,10H,4-8H2,1-2H3,(H,16,17,18);7,14H,3-6H2,1-2H3,(H2,13,15,16);6-7H,5H2,1-4H3;3-4H2,1-2H3. The van der Waals surface area contributed by atoms with Gasteiger partial charge in [0.05, 0.1) is 11.8 Å². The van der Waals surface area contributed by atoms with Crippen LogP contribution in [0, 0.1) is 12.8 Å². The van der Waals surface area contributed by atoms with E-state index in [1.54, 1.807) is 20.4 Å². The van der Waals surface area contributed by atoms with Gasteiger partial charge < -0.3 is 30.7 Å². The summed E-state index contributed by atoms with van der Waals surface area (Å²) in [5, 5.41) is 6.89. The van der Waals surface area contributed by atoms with Gasteiger partial charge in [0, 0.05) is 40.1 Å². The van der Waals surface area contributed by atoms with E-state index in [0.29, 0.717) is 35.4 Å². The second-order valence-corrected chi connectivity index (χ2v) is 12.9. The van der Waals surface area contributed by atoms with Crippen molar-refractivity contribution >= 4 is 58.2 Å². The van der Waals surface area contributed by atoms with Crippen LogP contribution in [0.2, 0.25) is 10.6 Å². The summed E-state index contributed by atoms with van der Waals surface area (Å²) in [6, 6.07) is 0.481. The third-order valence-corrected chi connectivity index (χ3v) is 8.95. The Morgan fingerprint density at radius 1 is 1.00 bits per heavy atom. The van der Waals surface area contributed by atoms with Gasteiger partial charge in [0.15, 0.2) is 17.5 Å². The van der Waals surface area contributed by atoms with Crippen LogP contribution in [-0.4, -0.2) is 72.3 Å². The molecule has 274 valence electrons. The SMILES string of the molecule is CC=Nc1c(C)nc(Cl)nc1NC1CCCCC1.CCC(C)C(C)OC.CCCC.CNc1c(N)nc(Cl)nc1N(C)C1CCCCO1. The van der Waals surface area contributed by atoms with E-state index in [9.17, 15) is 0 Å². The molecule has 0 amide bonds. The van der Waals surface area contributed by atoms with Crippen molar-refractivity contribution in [1.29, 1.82) is 0 Å². The molecule has 4 N–H and O–H groups in total. The maximum Gasteiger partial charge on any atom is 0.226 e. The maximum absolute atomic E-state index is 5.93. The zero-order chi connectivity index (χ0) is 36.1. The Balaban J connectivity index is 0.000000362. The van der Waals surface area contributed by atoms with Crippen molar-refractivity contribution in [1.82, 2.24) is 19.9 Å². The highest BCUT2D eigenvalue weighted by atomic mass is 35.5. The number of hydrogen-bond acceptors (Lipinski definition) is 11. The second-order valence-electron chi connectivity index (χ2n) is 12.2. The van der Waals surface area contributed by atoms with Gasteiger partial charge in [-0.2, -0.15) is 15.0 Å². The molecule has 48 heavy (non-hydrogen) atoms. The first-order chi connectivity index (χ1) is 23.0. The lowest BCUT2D eigenvalue weighted by Crippen LogP contribution is -2.37. The van der Waals surface area contributed by atoms with Gasteiger partial charge in [0.1, 0.15) is 17.6 Å². The van der Waals surface area contributed by atoms with Crippen molar-refractivity contribution < 1.29 is 9.47 Å². The molecule has 2 aromatic heterocycles. The van der Waals surface area contributed by atoms with Gasteiger partial charge in [-0.25, -0.2) is 4.98 Å². The molecule has 0 radical (unpaired) electrons. The number of rotatable bonds is 10. The van der Waals surface area contributed by atoms with E-state index in [-0.39, 0.29) is 16.8 Å². The lowest BCUT2D eigenvalue weighted by Gasteiger charge is -2.33. The minimum atomic E-state index is 0.0104. The molecule has 3 atom stereocenters. The summed E-state index contributed by atoms with van der Waals surface area (Å²) in [4.78, 5) is 22.9. The van der Waals surface area contributed by atoms with Gasteiger partial charge in [-0.15, -0.1) is 0 Å². The van der Waals surface area contributed by atoms with Gasteiger partial charge in [0.2, 0.25) is 10.6 Å². The number of aliphatic imine (C=N–C) groups is 1. The maximum atomic E-state index is 5.93. The molecule has 4 rings (SSSR count). The Morgan fingerprint density at radius 2 is 1.62 bits per heavy atom. The number of methoxy groups -OCH3 is 1. The third-order valence-electron chi connectivity index (χ3n) is 8.61. The van der Waals surface area contributed by atoms with Crippen LogP contribution in [0.5, 0.6) is 0 Å². The van der Waals surface area contributed by atoms with Crippen molar-refractivity contribution in [2.75, 3.05) is 49.1 Å². The van der Waals surface area contributed by atoms with E-state index in [4.69, 9.17) is 38.4 Å². The van der Waals surface area contributed by atoms with Crippen LogP contribution in [0.3, 0.4) is 0 Å². The van der Waals surface area contributed by atoms with Gasteiger partial charge in [0.25, 0.3) is 0 Å². The minimum absolute atomic E-state index is 0.0104. The summed E-state index contributed by atoms with van der Waals surface area (Å²) in [7, 11) is 5.47. The topological polar surface area (TPSA) is 136 Å². The largest absolute Gasteiger partial charge is 0.382 e. The number of nitrogens with two attached hydrogens (primary N) is 1. The fourth-order valence-electron chi connectivity index (χ4n) is 5.02. The van der Waals surface area contributed by atoms with E-state index < -0.39 is 0 Å². The van der Waals surface area contributed by atoms with E-state index in [0.717, 1.165) is 43.1 Å². The third kappa shape index (κ3) is 15.4. The first-order valence-corrected chi connectivity index (χ1v) is 18.4. The lowest BCUT2D eigenvalue weighted by atomic mass is 9.95. The summed E-state index contributed by atoms with van der Waals surface area (Å²) in [6.45, 7) is 15.4. The number of hydrogen-bond donors (Lipinski definition) is 3. The van der Waals surface area contributed by atoms with Crippen LogP contribution in [-0.2, 0) is 9.47 Å². The predicted octanol–water partition coefficient (Wildman–Crippen LogP) is 9.50. The average molecular weight is 713 g/mol. The molecule has 0 spiro atoms. The molecular weight excluding hydrogens is 649 g/mol. The number of anilines is 4. The molecule has 3 unspecified atom stereocenters. The molecule has 2 fully saturated rings. The Hall–Kier alpha value is -2.47. The van der Waals surface area contributed by atoms with E-state index >= 15 is 0 Å². The van der Waals surface area contributed by atoms with Crippen molar-refractivity contribution in [3.8, 4) is 0 Å². The van der Waals surface area contributed by atoms with Crippen LogP contribution in [0.1, 0.15) is 118 Å². The molecule has 0 bridgehead atoms. The number of unbranched alkanes of at least 4 members (excludes halogenated alkanes) is 1. The Bertz CT molecular complexity index is 1180. The quantitative estimate of drug-likeness (QED) is 0.161. The first kappa shape index (κ1) is 43.6. The number of ether oxygens (including phenoxy) is 2. The predicted molar refractivity (Wildman–Crippen MR) is 206 cm³/mol. The summed E-state index contributed by atoms with van der Waals surface area (Å²) in [6.07, 6.45) is 15.5. The fourth-order valence-corrected chi connectivity index (χ4v) is 5.40. The molecule has 2 aromatic rings. The van der Waals surface area contributed by atoms with E-state index in [1.807, 2.05) is 25.8 Å². The van der Waals surface area contributed by atoms with Crippen LogP contribution < -0.4 is 21.3 Å². The zero-order valence-corrected chi connectivity index (χ0v) is 32.7. The fraction of sp³-hybridized carbons (Fsp3) is 0.743. The molecule has 11 nitrogen and oxygen atoms in total. The second kappa shape index (κ2) is 24.6. The normalized spacial score (nSPS) is 17.5. The molecular formula is C35H63Cl2N9O2. The van der Waals surface area contributed by atoms with Gasteiger partial charge >= 0.3 is 0 Å². The number of nitrogen functional groups attached to an aromatic ring is 1. The first-order valence-electron chi connectivity index (χ1n) is 17.6. The molecule has 3 heterocycles. The summed E-state index contributed by atoms with van der Waals surface area (Å²) in [5.41, 5.74) is 8.12. The highest BCUT2D eigenvalue weighted by Gasteiger charge is 2.24. The number of aromatic nitrogens is 4. The zero-order valence-electron chi connectivity index (χ0n) is 31.2. The van der Waals surface area contributed by atoms with E-state index in [1.165, 1.54) is 51.4 Å². The monoisotopic (exact) mass is 711 g/mol. The van der Waals surface area contributed by atoms with Gasteiger partial charge in [-0.1, -0.05) is 66.2 Å². The Kier molecular flexibility index (Phi) is 22.3. The van der Waals surface area contributed by atoms with Crippen LogP contribution in [0.15, 0.2) is 4.99 Å². The van der Waals surface area contributed by atoms with Crippen molar-refractivity contribution in [2.45, 2.75) is 137 Å². The van der Waals surface area contributed by atoms with Crippen LogP contribution >= 0.6 is 23.2 Å². The van der Waals surface area contributed by atoms with Crippen LogP contribution in [0.4, 0.5) is 28.8 Å². The Morgan fingerprint density at radius 3 is 2.12 bits per heavy atom. The number of nitrogens with one attached hydrogen (secondary N) is 2. The Labute approximate surface area is 300 Å². The molecule has 1 aliphatic heterocycles. The van der Waals surface area contributed by atoms with Crippen molar-refractivity contribution in [3.05, 3.63) is 16.3 Å². The van der Waals surface area contributed by atoms with Crippen molar-refractivity contribution in [2.24, 2.45) is 10.9 Å². The molecule has 1 saturated heterocycles. The minimum Gasteiger partial charge on any atom is -0.382 e.